The summed E-state index contributed by atoms with van der Waals surface area (Å²) in [6.45, 7) is 9.98. The van der Waals surface area contributed by atoms with E-state index in [0.29, 0.717) is 23.7 Å². The number of ether oxygens (including phenoxy) is 2. The number of nitrogens with one attached hydrogen (secondary N) is 1. The maximum Gasteiger partial charge on any atom is 0.265 e. The number of anilines is 2. The molecule has 1 heterocycles. The van der Waals surface area contributed by atoms with Crippen molar-refractivity contribution < 1.29 is 22.7 Å². The van der Waals surface area contributed by atoms with E-state index in [1.54, 1.807) is 54.3 Å². The minimum Gasteiger partial charge on any atom is -0.492 e. The van der Waals surface area contributed by atoms with E-state index in [9.17, 15) is 13.2 Å². The summed E-state index contributed by atoms with van der Waals surface area (Å²) in [5, 5.41) is 0. The van der Waals surface area contributed by atoms with Crippen molar-refractivity contribution in [1.82, 2.24) is 0 Å². The number of carbonyl (C=O) groups is 1. The third kappa shape index (κ3) is 4.28. The highest BCUT2D eigenvalue weighted by atomic mass is 32.2. The fourth-order valence-electron chi connectivity index (χ4n) is 3.18. The molecule has 30 heavy (non-hydrogen) atoms. The summed E-state index contributed by atoms with van der Waals surface area (Å²) in [5.41, 5.74) is 0.0759. The van der Waals surface area contributed by atoms with Crippen LogP contribution < -0.4 is 19.1 Å². The van der Waals surface area contributed by atoms with Crippen LogP contribution in [0.1, 0.15) is 20.8 Å². The first-order valence-corrected chi connectivity index (χ1v) is 11.1. The molecule has 8 heteroatoms. The molecular formula is C22H26N2O5S. The predicted octanol–water partition coefficient (Wildman–Crippen LogP) is 3.82. The minimum absolute atomic E-state index is 0.0400. The zero-order chi connectivity index (χ0) is 21.9. The molecule has 0 saturated carbocycles. The standard InChI is InChI=1S/C22H26N2O5S/c1-5-13-24-17-14-16(11-12-18(17)29-15-22(3,4)21(24)25)23-30(26,27)20-10-8-7-9-19(20)28-6-2/h5,7-12,14,23H,1,6,13,15H2,2-4H3. The largest absolute Gasteiger partial charge is 0.492 e. The summed E-state index contributed by atoms with van der Waals surface area (Å²) in [7, 11) is -3.91. The fraction of sp³-hybridized carbons (Fsp3) is 0.318. The first-order valence-electron chi connectivity index (χ1n) is 9.64. The SMILES string of the molecule is C=CCN1C(=O)C(C)(C)COc2ccc(NS(=O)(=O)c3ccccc3OCC)cc21. The van der Waals surface area contributed by atoms with Crippen molar-refractivity contribution in [2.24, 2.45) is 5.41 Å². The molecule has 0 saturated heterocycles. The molecule has 7 nitrogen and oxygen atoms in total. The second-order valence-corrected chi connectivity index (χ2v) is 9.20. The first-order chi connectivity index (χ1) is 14.2. The van der Waals surface area contributed by atoms with Crippen LogP contribution in [0.3, 0.4) is 0 Å². The average molecular weight is 431 g/mol. The molecular weight excluding hydrogens is 404 g/mol. The number of para-hydroxylation sites is 1. The van der Waals surface area contributed by atoms with Crippen LogP contribution in [0.2, 0.25) is 0 Å². The van der Waals surface area contributed by atoms with Crippen LogP contribution in [-0.2, 0) is 14.8 Å². The van der Waals surface area contributed by atoms with E-state index >= 15 is 0 Å². The number of sulfonamides is 1. The summed E-state index contributed by atoms with van der Waals surface area (Å²) in [4.78, 5) is 14.6. The molecule has 1 amide bonds. The Morgan fingerprint density at radius 2 is 2.00 bits per heavy atom. The predicted molar refractivity (Wildman–Crippen MR) is 117 cm³/mol. The number of nitrogens with zero attached hydrogens (tertiary/aromatic N) is 1. The molecule has 160 valence electrons. The second kappa shape index (κ2) is 8.39. The Bertz CT molecular complexity index is 1060. The Kier molecular flexibility index (Phi) is 6.07. The number of hydrogen-bond donors (Lipinski definition) is 1. The summed E-state index contributed by atoms with van der Waals surface area (Å²) in [6, 6.07) is 11.3. The van der Waals surface area contributed by atoms with E-state index in [4.69, 9.17) is 9.47 Å². The molecule has 0 radical (unpaired) electrons. The van der Waals surface area contributed by atoms with E-state index < -0.39 is 15.4 Å². The van der Waals surface area contributed by atoms with Gasteiger partial charge in [0.05, 0.1) is 23.4 Å². The zero-order valence-electron chi connectivity index (χ0n) is 17.3. The van der Waals surface area contributed by atoms with Gasteiger partial charge in [0.1, 0.15) is 23.0 Å². The average Bonchev–Trinajstić information content (AvgIpc) is 2.79. The van der Waals surface area contributed by atoms with Gasteiger partial charge < -0.3 is 14.4 Å². The highest BCUT2D eigenvalue weighted by Crippen LogP contribution is 2.38. The van der Waals surface area contributed by atoms with Crippen LogP contribution in [0, 0.1) is 5.41 Å². The third-order valence-electron chi connectivity index (χ3n) is 4.66. The van der Waals surface area contributed by atoms with E-state index in [1.165, 1.54) is 6.07 Å². The van der Waals surface area contributed by atoms with Crippen molar-refractivity contribution in [3.05, 3.63) is 55.1 Å². The minimum atomic E-state index is -3.91. The number of amides is 1. The molecule has 0 atom stereocenters. The van der Waals surface area contributed by atoms with Crippen molar-refractivity contribution >= 4 is 27.3 Å². The molecule has 0 aromatic heterocycles. The molecule has 1 N–H and O–H groups in total. The Hall–Kier alpha value is -3.00. The van der Waals surface area contributed by atoms with E-state index in [2.05, 4.69) is 11.3 Å². The number of rotatable bonds is 7. The number of hydrogen-bond acceptors (Lipinski definition) is 5. The lowest BCUT2D eigenvalue weighted by atomic mass is 9.93. The molecule has 0 aliphatic carbocycles. The van der Waals surface area contributed by atoms with E-state index in [1.807, 2.05) is 13.8 Å². The lowest BCUT2D eigenvalue weighted by Gasteiger charge is -2.27. The molecule has 3 rings (SSSR count). The van der Waals surface area contributed by atoms with Gasteiger partial charge in [-0.15, -0.1) is 6.58 Å². The maximum atomic E-state index is 13.0. The fourth-order valence-corrected chi connectivity index (χ4v) is 4.37. The highest BCUT2D eigenvalue weighted by Gasteiger charge is 2.37. The van der Waals surface area contributed by atoms with E-state index in [0.717, 1.165) is 0 Å². The summed E-state index contributed by atoms with van der Waals surface area (Å²) in [5.74, 6) is 0.659. The van der Waals surface area contributed by atoms with Crippen LogP contribution in [0.15, 0.2) is 60.0 Å². The van der Waals surface area contributed by atoms with Crippen LogP contribution in [0.5, 0.6) is 11.5 Å². The normalized spacial score (nSPS) is 15.6. The quantitative estimate of drug-likeness (QED) is 0.675. The van der Waals surface area contributed by atoms with Gasteiger partial charge in [0.25, 0.3) is 10.0 Å². The Morgan fingerprint density at radius 3 is 2.70 bits per heavy atom. The van der Waals surface area contributed by atoms with E-state index in [-0.39, 0.29) is 29.7 Å². The molecule has 0 unspecified atom stereocenters. The Balaban J connectivity index is 2.00. The van der Waals surface area contributed by atoms with Crippen molar-refractivity contribution in [2.45, 2.75) is 25.7 Å². The topological polar surface area (TPSA) is 84.9 Å². The van der Waals surface area contributed by atoms with Gasteiger partial charge in [-0.3, -0.25) is 9.52 Å². The number of benzene rings is 2. The highest BCUT2D eigenvalue weighted by molar-refractivity contribution is 7.92. The molecule has 2 aromatic carbocycles. The number of fused-ring (bicyclic) bond motifs is 1. The maximum absolute atomic E-state index is 13.0. The molecule has 0 fully saturated rings. The van der Waals surface area contributed by atoms with Gasteiger partial charge in [-0.2, -0.15) is 0 Å². The van der Waals surface area contributed by atoms with Gasteiger partial charge in [0.2, 0.25) is 5.91 Å². The summed E-state index contributed by atoms with van der Waals surface area (Å²) >= 11 is 0. The second-order valence-electron chi connectivity index (χ2n) is 7.54. The van der Waals surface area contributed by atoms with Gasteiger partial charge in [0.15, 0.2) is 0 Å². The monoisotopic (exact) mass is 430 g/mol. The van der Waals surface area contributed by atoms with Gasteiger partial charge >= 0.3 is 0 Å². The van der Waals surface area contributed by atoms with Gasteiger partial charge in [0, 0.05) is 6.54 Å². The molecule has 1 aliphatic rings. The van der Waals surface area contributed by atoms with Crippen molar-refractivity contribution in [2.75, 3.05) is 29.4 Å². The third-order valence-corrected chi connectivity index (χ3v) is 6.09. The number of carbonyl (C=O) groups excluding carboxylic acids is 1. The van der Waals surface area contributed by atoms with Gasteiger partial charge in [-0.25, -0.2) is 8.42 Å². The van der Waals surface area contributed by atoms with Crippen molar-refractivity contribution in [3.8, 4) is 11.5 Å². The summed E-state index contributed by atoms with van der Waals surface area (Å²) in [6.07, 6.45) is 1.62. The molecule has 0 bridgehead atoms. The molecule has 0 spiro atoms. The molecule has 1 aliphatic heterocycles. The first kappa shape index (κ1) is 21.7. The lowest BCUT2D eigenvalue weighted by Crippen LogP contribution is -2.42. The smallest absolute Gasteiger partial charge is 0.265 e. The Morgan fingerprint density at radius 1 is 1.27 bits per heavy atom. The zero-order valence-corrected chi connectivity index (χ0v) is 18.2. The molecule has 2 aromatic rings. The van der Waals surface area contributed by atoms with Gasteiger partial charge in [-0.05, 0) is 51.1 Å². The van der Waals surface area contributed by atoms with Crippen LogP contribution in [0.25, 0.3) is 0 Å². The van der Waals surface area contributed by atoms with Crippen molar-refractivity contribution in [3.63, 3.8) is 0 Å². The van der Waals surface area contributed by atoms with Crippen LogP contribution in [-0.4, -0.2) is 34.1 Å². The van der Waals surface area contributed by atoms with Crippen molar-refractivity contribution in [1.29, 1.82) is 0 Å². The van der Waals surface area contributed by atoms with Crippen LogP contribution >= 0.6 is 0 Å². The Labute approximate surface area is 177 Å². The van der Waals surface area contributed by atoms with Crippen LogP contribution in [0.4, 0.5) is 11.4 Å². The lowest BCUT2D eigenvalue weighted by molar-refractivity contribution is -0.127. The summed E-state index contributed by atoms with van der Waals surface area (Å²) < 4.78 is 39.8. The van der Waals surface area contributed by atoms with Gasteiger partial charge in [-0.1, -0.05) is 18.2 Å².